The minimum absolute atomic E-state index is 0.175. The summed E-state index contributed by atoms with van der Waals surface area (Å²) >= 11 is 0. The first-order valence-corrected chi connectivity index (χ1v) is 2.81. The van der Waals surface area contributed by atoms with Crippen LogP contribution >= 0.6 is 0 Å². The second kappa shape index (κ2) is 6.88. The molecule has 0 aliphatic rings. The van der Waals surface area contributed by atoms with Gasteiger partial charge in [-0.25, -0.2) is 0 Å². The van der Waals surface area contributed by atoms with E-state index in [9.17, 15) is 0 Å². The third-order valence-corrected chi connectivity index (χ3v) is 0.764. The zero-order valence-corrected chi connectivity index (χ0v) is 5.18. The number of aliphatic hydroxyl groups is 1. The third kappa shape index (κ3) is 5.88. The highest BCUT2D eigenvalue weighted by atomic mass is 16.6. The first-order valence-electron chi connectivity index (χ1n) is 2.81. The zero-order valence-electron chi connectivity index (χ0n) is 5.18. The van der Waals surface area contributed by atoms with Gasteiger partial charge in [0, 0.05) is 6.54 Å². The van der Waals surface area contributed by atoms with E-state index in [0.29, 0.717) is 6.61 Å². The van der Waals surface area contributed by atoms with Crippen molar-refractivity contribution in [3.8, 4) is 0 Å². The van der Waals surface area contributed by atoms with Crippen LogP contribution in [-0.4, -0.2) is 31.6 Å². The topological polar surface area (TPSA) is 41.5 Å². The number of aliphatic hydroxyl groups excluding tert-OH is 1. The van der Waals surface area contributed by atoms with Crippen molar-refractivity contribution >= 4 is 0 Å². The van der Waals surface area contributed by atoms with Gasteiger partial charge in [-0.3, -0.25) is 0 Å². The van der Waals surface area contributed by atoms with Crippen LogP contribution in [0.4, 0.5) is 0 Å². The van der Waals surface area contributed by atoms with Crippen LogP contribution in [0.2, 0.25) is 0 Å². The Morgan fingerprint density at radius 3 is 2.88 bits per heavy atom. The van der Waals surface area contributed by atoms with Gasteiger partial charge in [0.05, 0.1) is 6.61 Å². The summed E-state index contributed by atoms with van der Waals surface area (Å²) in [6, 6.07) is 0. The van der Waals surface area contributed by atoms with Gasteiger partial charge in [-0.1, -0.05) is 6.92 Å². The molecule has 0 spiro atoms. The molecule has 0 aromatic heterocycles. The molecule has 3 nitrogen and oxygen atoms in total. The molecule has 0 aliphatic heterocycles. The molecule has 0 rings (SSSR count). The first kappa shape index (κ1) is 7.88. The van der Waals surface area contributed by atoms with Gasteiger partial charge in [0.1, 0.15) is 6.79 Å². The molecule has 0 amide bonds. The van der Waals surface area contributed by atoms with Crippen molar-refractivity contribution in [3.63, 3.8) is 0 Å². The zero-order chi connectivity index (χ0) is 6.24. The van der Waals surface area contributed by atoms with Gasteiger partial charge in [-0.15, -0.1) is 0 Å². The number of ether oxygens (including phenoxy) is 1. The van der Waals surface area contributed by atoms with Gasteiger partial charge in [0.15, 0.2) is 0 Å². The van der Waals surface area contributed by atoms with Crippen LogP contribution in [-0.2, 0) is 4.74 Å². The highest BCUT2D eigenvalue weighted by molar-refractivity contribution is 4.37. The normalized spacial score (nSPS) is 9.75. The fraction of sp³-hybridized carbons (Fsp3) is 1.00. The van der Waals surface area contributed by atoms with Gasteiger partial charge < -0.3 is 15.2 Å². The van der Waals surface area contributed by atoms with E-state index in [1.54, 1.807) is 0 Å². The summed E-state index contributed by atoms with van der Waals surface area (Å²) < 4.78 is 4.63. The molecule has 0 atom stereocenters. The predicted molar refractivity (Wildman–Crippen MR) is 31.6 cm³/mol. The second-order valence-corrected chi connectivity index (χ2v) is 1.39. The molecule has 2 N–H and O–H groups in total. The monoisotopic (exact) mass is 119 g/mol. The van der Waals surface area contributed by atoms with E-state index in [4.69, 9.17) is 5.11 Å². The molecule has 0 saturated heterocycles. The maximum atomic E-state index is 8.12. The molecule has 0 aromatic carbocycles. The molecular formula is C5H13NO2. The summed E-state index contributed by atoms with van der Waals surface area (Å²) in [5, 5.41) is 11.2. The SMILES string of the molecule is CCNCCOCO. The molecule has 3 heteroatoms. The van der Waals surface area contributed by atoms with E-state index < -0.39 is 0 Å². The van der Waals surface area contributed by atoms with Gasteiger partial charge >= 0.3 is 0 Å². The third-order valence-electron chi connectivity index (χ3n) is 0.764. The van der Waals surface area contributed by atoms with Crippen molar-refractivity contribution in [2.24, 2.45) is 0 Å². The van der Waals surface area contributed by atoms with E-state index in [1.165, 1.54) is 0 Å². The molecule has 0 bridgehead atoms. The maximum absolute atomic E-state index is 8.12. The summed E-state index contributed by atoms with van der Waals surface area (Å²) in [4.78, 5) is 0. The van der Waals surface area contributed by atoms with Crippen LogP contribution in [0.5, 0.6) is 0 Å². The molecule has 0 aliphatic carbocycles. The largest absolute Gasteiger partial charge is 0.371 e. The predicted octanol–water partition coefficient (Wildman–Crippen LogP) is -0.438. The van der Waals surface area contributed by atoms with Crippen LogP contribution in [0, 0.1) is 0 Å². The Labute approximate surface area is 49.7 Å². The molecule has 0 aromatic rings. The Balaban J connectivity index is 2.53. The molecule has 50 valence electrons. The van der Waals surface area contributed by atoms with Crippen molar-refractivity contribution in [1.82, 2.24) is 5.32 Å². The summed E-state index contributed by atoms with van der Waals surface area (Å²) in [6.45, 7) is 4.21. The highest BCUT2D eigenvalue weighted by Crippen LogP contribution is 1.66. The summed E-state index contributed by atoms with van der Waals surface area (Å²) in [6.07, 6.45) is 0. The lowest BCUT2D eigenvalue weighted by molar-refractivity contribution is 0.000548. The first-order chi connectivity index (χ1) is 3.91. The van der Waals surface area contributed by atoms with E-state index in [-0.39, 0.29) is 6.79 Å². The second-order valence-electron chi connectivity index (χ2n) is 1.39. The van der Waals surface area contributed by atoms with E-state index in [2.05, 4.69) is 10.1 Å². The standard InChI is InChI=1S/C5H13NO2/c1-2-6-3-4-8-5-7/h6-7H,2-5H2,1H3. The highest BCUT2D eigenvalue weighted by Gasteiger charge is 1.80. The number of likely N-dealkylation sites (N-methyl/N-ethyl adjacent to an activating group) is 1. The lowest BCUT2D eigenvalue weighted by Gasteiger charge is -1.98. The Kier molecular flexibility index (Phi) is 6.78. The number of nitrogens with one attached hydrogen (secondary N) is 1. The lowest BCUT2D eigenvalue weighted by atomic mass is 10.6. The van der Waals surface area contributed by atoms with Crippen molar-refractivity contribution < 1.29 is 9.84 Å². The van der Waals surface area contributed by atoms with Crippen LogP contribution in [0.1, 0.15) is 6.92 Å². The molecule has 0 radical (unpaired) electrons. The van der Waals surface area contributed by atoms with Crippen LogP contribution in [0.15, 0.2) is 0 Å². The minimum atomic E-state index is -0.175. The summed E-state index contributed by atoms with van der Waals surface area (Å²) in [5.41, 5.74) is 0. The van der Waals surface area contributed by atoms with Crippen LogP contribution < -0.4 is 5.32 Å². The Hall–Kier alpha value is -0.120. The fourth-order valence-electron chi connectivity index (χ4n) is 0.386. The van der Waals surface area contributed by atoms with Gasteiger partial charge in [-0.05, 0) is 6.54 Å². The number of hydrogen-bond donors (Lipinski definition) is 2. The minimum Gasteiger partial charge on any atom is -0.371 e. The van der Waals surface area contributed by atoms with Crippen LogP contribution in [0.3, 0.4) is 0 Å². The van der Waals surface area contributed by atoms with E-state index in [0.717, 1.165) is 13.1 Å². The average molecular weight is 119 g/mol. The van der Waals surface area contributed by atoms with Gasteiger partial charge in [0.25, 0.3) is 0 Å². The van der Waals surface area contributed by atoms with E-state index >= 15 is 0 Å². The Bertz CT molecular complexity index is 35.4. The van der Waals surface area contributed by atoms with Crippen molar-refractivity contribution in [2.75, 3.05) is 26.5 Å². The van der Waals surface area contributed by atoms with Crippen LogP contribution in [0.25, 0.3) is 0 Å². The lowest BCUT2D eigenvalue weighted by Crippen LogP contribution is -2.18. The fourth-order valence-corrected chi connectivity index (χ4v) is 0.386. The summed E-state index contributed by atoms with van der Waals surface area (Å²) in [7, 11) is 0. The Morgan fingerprint density at radius 2 is 2.38 bits per heavy atom. The molecular weight excluding hydrogens is 106 g/mol. The van der Waals surface area contributed by atoms with Crippen molar-refractivity contribution in [2.45, 2.75) is 6.92 Å². The molecule has 0 saturated carbocycles. The quantitative estimate of drug-likeness (QED) is 0.381. The number of hydrogen-bond acceptors (Lipinski definition) is 3. The van der Waals surface area contributed by atoms with Crippen molar-refractivity contribution in [1.29, 1.82) is 0 Å². The van der Waals surface area contributed by atoms with Gasteiger partial charge in [0.2, 0.25) is 0 Å². The van der Waals surface area contributed by atoms with E-state index in [1.807, 2.05) is 6.92 Å². The van der Waals surface area contributed by atoms with Crippen molar-refractivity contribution in [3.05, 3.63) is 0 Å². The summed E-state index contributed by atoms with van der Waals surface area (Å²) in [5.74, 6) is 0. The van der Waals surface area contributed by atoms with Gasteiger partial charge in [-0.2, -0.15) is 0 Å². The Morgan fingerprint density at radius 1 is 1.62 bits per heavy atom. The smallest absolute Gasteiger partial charge is 0.143 e. The maximum Gasteiger partial charge on any atom is 0.143 e. The molecule has 0 heterocycles. The average Bonchev–Trinajstić information content (AvgIpc) is 1.81. The molecule has 0 fully saturated rings. The molecule has 0 unspecified atom stereocenters. The molecule has 8 heavy (non-hydrogen) atoms. The number of rotatable bonds is 5.